The number of hydrazone groups is 1. The molecule has 4 heteroatoms. The van der Waals surface area contributed by atoms with Gasteiger partial charge in [0.2, 0.25) is 0 Å². The van der Waals surface area contributed by atoms with Crippen molar-refractivity contribution in [2.24, 2.45) is 5.10 Å². The van der Waals surface area contributed by atoms with Gasteiger partial charge in [-0.05, 0) is 36.1 Å². The molecule has 0 bridgehead atoms. The highest BCUT2D eigenvalue weighted by molar-refractivity contribution is 5.92. The van der Waals surface area contributed by atoms with Gasteiger partial charge in [-0.1, -0.05) is 56.2 Å². The summed E-state index contributed by atoms with van der Waals surface area (Å²) in [6.45, 7) is 2.18. The van der Waals surface area contributed by atoms with E-state index in [1.165, 1.54) is 19.1 Å². The Morgan fingerprint density at radius 1 is 1.17 bits per heavy atom. The third-order valence-corrected chi connectivity index (χ3v) is 3.36. The number of nitrogens with one attached hydrogen (secondary N) is 1. The summed E-state index contributed by atoms with van der Waals surface area (Å²) in [4.78, 5) is 11.8. The van der Waals surface area contributed by atoms with Crippen LogP contribution in [0.25, 0.3) is 6.08 Å². The molecule has 1 heterocycles. The number of allylic oxidation sites excluding steroid dienone is 1. The minimum Gasteiger partial charge on any atom is -0.459 e. The Kier molecular flexibility index (Phi) is 6.85. The van der Waals surface area contributed by atoms with E-state index in [2.05, 4.69) is 35.7 Å². The number of carbonyl (C=O) groups excluding carboxylic acids is 1. The standard InChI is InChI=1S/C19H22N2O2/c1-2-3-5-11-17(14-16-9-6-4-7-10-16)15-20-21-19(22)18-12-8-13-23-18/h4,6-10,12-15H,2-3,5,11H2,1H3,(H,21,22)/b17-14-,20-15+. The summed E-state index contributed by atoms with van der Waals surface area (Å²) in [5.74, 6) is -0.0967. The average molecular weight is 310 g/mol. The van der Waals surface area contributed by atoms with E-state index < -0.39 is 0 Å². The molecule has 0 unspecified atom stereocenters. The highest BCUT2D eigenvalue weighted by Gasteiger charge is 2.06. The lowest BCUT2D eigenvalue weighted by molar-refractivity contribution is 0.0927. The second-order valence-electron chi connectivity index (χ2n) is 5.26. The monoisotopic (exact) mass is 310 g/mol. The summed E-state index contributed by atoms with van der Waals surface area (Å²) in [5.41, 5.74) is 4.70. The molecular weight excluding hydrogens is 288 g/mol. The number of amides is 1. The van der Waals surface area contributed by atoms with Crippen LogP contribution < -0.4 is 5.43 Å². The van der Waals surface area contributed by atoms with Gasteiger partial charge >= 0.3 is 5.91 Å². The van der Waals surface area contributed by atoms with Crippen molar-refractivity contribution < 1.29 is 9.21 Å². The van der Waals surface area contributed by atoms with Crippen molar-refractivity contribution >= 4 is 18.2 Å². The summed E-state index contributed by atoms with van der Waals surface area (Å²) in [7, 11) is 0. The van der Waals surface area contributed by atoms with Gasteiger partial charge in [-0.25, -0.2) is 5.43 Å². The molecule has 0 aliphatic carbocycles. The Morgan fingerprint density at radius 2 is 2.00 bits per heavy atom. The van der Waals surface area contributed by atoms with Crippen molar-refractivity contribution in [3.05, 3.63) is 65.6 Å². The molecule has 1 aromatic heterocycles. The van der Waals surface area contributed by atoms with Crippen LogP contribution in [0, 0.1) is 0 Å². The lowest BCUT2D eigenvalue weighted by atomic mass is 10.1. The molecule has 1 aromatic carbocycles. The molecular formula is C19H22N2O2. The number of unbranched alkanes of at least 4 members (excludes halogenated alkanes) is 2. The molecule has 0 saturated carbocycles. The van der Waals surface area contributed by atoms with Crippen LogP contribution in [0.1, 0.15) is 48.7 Å². The number of nitrogens with zero attached hydrogens (tertiary/aromatic N) is 1. The first-order valence-electron chi connectivity index (χ1n) is 7.92. The third kappa shape index (κ3) is 5.94. The van der Waals surface area contributed by atoms with E-state index in [1.807, 2.05) is 18.2 Å². The summed E-state index contributed by atoms with van der Waals surface area (Å²) in [6.07, 6.45) is 9.66. The van der Waals surface area contributed by atoms with E-state index in [4.69, 9.17) is 4.42 Å². The zero-order chi connectivity index (χ0) is 16.3. The zero-order valence-corrected chi connectivity index (χ0v) is 13.4. The quantitative estimate of drug-likeness (QED) is 0.438. The minimum absolute atomic E-state index is 0.252. The van der Waals surface area contributed by atoms with E-state index in [1.54, 1.807) is 18.3 Å². The topological polar surface area (TPSA) is 54.6 Å². The van der Waals surface area contributed by atoms with Gasteiger partial charge in [0.05, 0.1) is 12.5 Å². The average Bonchev–Trinajstić information content (AvgIpc) is 3.10. The van der Waals surface area contributed by atoms with Crippen LogP contribution in [0.5, 0.6) is 0 Å². The Bertz CT molecular complexity index is 643. The van der Waals surface area contributed by atoms with Gasteiger partial charge in [-0.2, -0.15) is 5.10 Å². The van der Waals surface area contributed by atoms with E-state index in [0.717, 1.165) is 24.0 Å². The number of hydrogen-bond acceptors (Lipinski definition) is 3. The fourth-order valence-corrected chi connectivity index (χ4v) is 2.15. The van der Waals surface area contributed by atoms with Gasteiger partial charge in [-0.3, -0.25) is 4.79 Å². The van der Waals surface area contributed by atoms with Crippen molar-refractivity contribution in [1.82, 2.24) is 5.43 Å². The Balaban J connectivity index is 2.00. The van der Waals surface area contributed by atoms with E-state index >= 15 is 0 Å². The SMILES string of the molecule is CCCCCC(=C/c1ccccc1)/C=N/NC(=O)c1ccco1. The Morgan fingerprint density at radius 3 is 2.70 bits per heavy atom. The van der Waals surface area contributed by atoms with Crippen molar-refractivity contribution in [1.29, 1.82) is 0 Å². The van der Waals surface area contributed by atoms with E-state index in [-0.39, 0.29) is 11.7 Å². The highest BCUT2D eigenvalue weighted by atomic mass is 16.3. The number of carbonyl (C=O) groups is 1. The van der Waals surface area contributed by atoms with Gasteiger partial charge in [0.15, 0.2) is 5.76 Å². The lowest BCUT2D eigenvalue weighted by Crippen LogP contribution is -2.16. The molecule has 4 nitrogen and oxygen atoms in total. The van der Waals surface area contributed by atoms with Gasteiger partial charge < -0.3 is 4.42 Å². The maximum absolute atomic E-state index is 11.8. The molecule has 2 aromatic rings. The fourth-order valence-electron chi connectivity index (χ4n) is 2.15. The van der Waals surface area contributed by atoms with Crippen LogP contribution in [0.15, 0.2) is 63.8 Å². The van der Waals surface area contributed by atoms with Crippen LogP contribution in [0.4, 0.5) is 0 Å². The normalized spacial score (nSPS) is 11.8. The van der Waals surface area contributed by atoms with Crippen LogP contribution in [0.2, 0.25) is 0 Å². The van der Waals surface area contributed by atoms with Crippen molar-refractivity contribution in [2.45, 2.75) is 32.6 Å². The number of hydrogen-bond donors (Lipinski definition) is 1. The van der Waals surface area contributed by atoms with Crippen molar-refractivity contribution in [3.63, 3.8) is 0 Å². The predicted octanol–water partition coefficient (Wildman–Crippen LogP) is 4.66. The predicted molar refractivity (Wildman–Crippen MR) is 93.2 cm³/mol. The van der Waals surface area contributed by atoms with E-state index in [9.17, 15) is 4.79 Å². The smallest absolute Gasteiger partial charge is 0.307 e. The molecule has 0 aliphatic rings. The van der Waals surface area contributed by atoms with Crippen molar-refractivity contribution in [3.8, 4) is 0 Å². The summed E-state index contributed by atoms with van der Waals surface area (Å²) in [6, 6.07) is 13.4. The Hall–Kier alpha value is -2.62. The largest absolute Gasteiger partial charge is 0.459 e. The maximum atomic E-state index is 11.8. The molecule has 0 saturated heterocycles. The minimum atomic E-state index is -0.348. The van der Waals surface area contributed by atoms with Gasteiger partial charge in [0, 0.05) is 0 Å². The molecule has 0 fully saturated rings. The molecule has 120 valence electrons. The molecule has 1 N–H and O–H groups in total. The van der Waals surface area contributed by atoms with Crippen LogP contribution in [-0.4, -0.2) is 12.1 Å². The number of benzene rings is 1. The second kappa shape index (κ2) is 9.41. The second-order valence-corrected chi connectivity index (χ2v) is 5.26. The van der Waals surface area contributed by atoms with Crippen LogP contribution in [0.3, 0.4) is 0 Å². The fraction of sp³-hybridized carbons (Fsp3) is 0.263. The lowest BCUT2D eigenvalue weighted by Gasteiger charge is -2.03. The van der Waals surface area contributed by atoms with Gasteiger partial charge in [-0.15, -0.1) is 0 Å². The number of furan rings is 1. The van der Waals surface area contributed by atoms with Gasteiger partial charge in [0.1, 0.15) is 0 Å². The molecule has 0 atom stereocenters. The summed E-state index contributed by atoms with van der Waals surface area (Å²) < 4.78 is 5.03. The Labute approximate surface area is 136 Å². The number of rotatable bonds is 8. The van der Waals surface area contributed by atoms with Crippen molar-refractivity contribution in [2.75, 3.05) is 0 Å². The first-order chi connectivity index (χ1) is 11.3. The third-order valence-electron chi connectivity index (χ3n) is 3.36. The zero-order valence-electron chi connectivity index (χ0n) is 13.4. The molecule has 0 radical (unpaired) electrons. The van der Waals surface area contributed by atoms with Crippen LogP contribution >= 0.6 is 0 Å². The molecule has 1 amide bonds. The van der Waals surface area contributed by atoms with E-state index in [0.29, 0.717) is 0 Å². The first kappa shape index (κ1) is 16.7. The first-order valence-corrected chi connectivity index (χ1v) is 7.92. The highest BCUT2D eigenvalue weighted by Crippen LogP contribution is 2.12. The molecule has 0 aliphatic heterocycles. The van der Waals surface area contributed by atoms with Gasteiger partial charge in [0.25, 0.3) is 0 Å². The summed E-state index contributed by atoms with van der Waals surface area (Å²) in [5, 5.41) is 4.05. The maximum Gasteiger partial charge on any atom is 0.307 e. The van der Waals surface area contributed by atoms with Crippen LogP contribution in [-0.2, 0) is 0 Å². The summed E-state index contributed by atoms with van der Waals surface area (Å²) >= 11 is 0. The molecule has 2 rings (SSSR count). The molecule has 23 heavy (non-hydrogen) atoms. The molecule has 0 spiro atoms.